The molecule has 0 atom stereocenters. The van der Waals surface area contributed by atoms with Gasteiger partial charge < -0.3 is 15.2 Å². The van der Waals surface area contributed by atoms with Gasteiger partial charge in [0.2, 0.25) is 5.91 Å². The monoisotopic (exact) mass is 567 g/mol. The van der Waals surface area contributed by atoms with E-state index in [2.05, 4.69) is 20.2 Å². The number of halogens is 4. The van der Waals surface area contributed by atoms with Crippen molar-refractivity contribution in [2.24, 2.45) is 5.92 Å². The van der Waals surface area contributed by atoms with E-state index < -0.39 is 34.5 Å². The Bertz CT molecular complexity index is 1690. The largest absolute Gasteiger partial charge is 0.417 e. The molecule has 1 saturated heterocycles. The molecular weight excluding hydrogens is 538 g/mol. The average molecular weight is 568 g/mol. The number of para-hydroxylation sites is 1. The van der Waals surface area contributed by atoms with Crippen LogP contribution in [0.4, 0.5) is 23.4 Å². The van der Waals surface area contributed by atoms with Gasteiger partial charge in [0.1, 0.15) is 17.5 Å². The van der Waals surface area contributed by atoms with Crippen LogP contribution in [0.3, 0.4) is 0 Å². The Morgan fingerprint density at radius 2 is 1.78 bits per heavy atom. The lowest BCUT2D eigenvalue weighted by molar-refractivity contribution is -0.137. The quantitative estimate of drug-likeness (QED) is 0.307. The van der Waals surface area contributed by atoms with Gasteiger partial charge >= 0.3 is 6.18 Å². The second-order valence-corrected chi connectivity index (χ2v) is 10.4. The number of H-pyrrole nitrogens is 1. The van der Waals surface area contributed by atoms with Crippen molar-refractivity contribution in [3.8, 4) is 11.4 Å². The highest BCUT2D eigenvalue weighted by atomic mass is 19.4. The molecule has 0 radical (unpaired) electrons. The van der Waals surface area contributed by atoms with Crippen molar-refractivity contribution in [3.63, 3.8) is 0 Å². The van der Waals surface area contributed by atoms with Gasteiger partial charge in [0.15, 0.2) is 0 Å². The third-order valence-corrected chi connectivity index (χ3v) is 7.71. The maximum Gasteiger partial charge on any atom is 0.417 e. The summed E-state index contributed by atoms with van der Waals surface area (Å²) in [4.78, 5) is 38.3. The van der Waals surface area contributed by atoms with E-state index in [0.29, 0.717) is 25.9 Å². The molecule has 214 valence electrons. The molecule has 1 aliphatic rings. The number of rotatable bonds is 5. The predicted molar refractivity (Wildman–Crippen MR) is 148 cm³/mol. The zero-order chi connectivity index (χ0) is 29.5. The molecule has 41 heavy (non-hydrogen) atoms. The van der Waals surface area contributed by atoms with Crippen molar-refractivity contribution < 1.29 is 22.4 Å². The molecule has 2 N–H and O–H groups in total. The molecule has 3 heterocycles. The zero-order valence-electron chi connectivity index (χ0n) is 22.8. The number of benzene rings is 2. The number of carbonyl (C=O) groups is 1. The van der Waals surface area contributed by atoms with Crippen molar-refractivity contribution in [2.45, 2.75) is 46.3 Å². The van der Waals surface area contributed by atoms with Crippen LogP contribution in [0.25, 0.3) is 22.3 Å². The Labute approximate surface area is 233 Å². The molecule has 11 heteroatoms. The van der Waals surface area contributed by atoms with Crippen molar-refractivity contribution in [2.75, 3.05) is 18.0 Å². The maximum absolute atomic E-state index is 15.6. The van der Waals surface area contributed by atoms with Crippen LogP contribution in [0.15, 0.2) is 47.3 Å². The molecular formula is C30H29F4N5O2. The van der Waals surface area contributed by atoms with Gasteiger partial charge in [0.25, 0.3) is 5.56 Å². The average Bonchev–Trinajstić information content (AvgIpc) is 2.94. The van der Waals surface area contributed by atoms with E-state index in [1.807, 2.05) is 37.3 Å². The van der Waals surface area contributed by atoms with Crippen LogP contribution < -0.4 is 15.8 Å². The fraction of sp³-hybridized carbons (Fsp3) is 0.333. The number of carbonyl (C=O) groups excluding carboxylic acids is 1. The Kier molecular flexibility index (Phi) is 7.54. The molecule has 0 aliphatic carbocycles. The first-order chi connectivity index (χ1) is 19.4. The molecule has 1 amide bonds. The standard InChI is InChI=1S/C30H29F4N5O2/c1-16-5-4-6-19-8-10-23(37-26(16)19)39-13-11-20(12-14-39)29(41)35-15-21-7-9-22(30(32,33)34)24(25(21)31)27-36-18(3)17(2)28(40)38-27/h4-10,20H,11-15H2,1-3H3,(H,35,41)(H,36,38,40). The lowest BCUT2D eigenvalue weighted by Gasteiger charge is -2.32. The van der Waals surface area contributed by atoms with E-state index >= 15 is 4.39 Å². The molecule has 0 bridgehead atoms. The second-order valence-electron chi connectivity index (χ2n) is 10.4. The first kappa shape index (κ1) is 28.3. The SMILES string of the molecule is Cc1nc(-c2c(C(F)(F)F)ccc(CNC(=O)C3CCN(c4ccc5cccc(C)c5n4)CC3)c2F)[nH]c(=O)c1C. The summed E-state index contributed by atoms with van der Waals surface area (Å²) in [5.41, 5.74) is -0.481. The van der Waals surface area contributed by atoms with E-state index in [9.17, 15) is 22.8 Å². The van der Waals surface area contributed by atoms with E-state index in [1.54, 1.807) is 0 Å². The summed E-state index contributed by atoms with van der Waals surface area (Å²) < 4.78 is 56.9. The summed E-state index contributed by atoms with van der Waals surface area (Å²) in [6.07, 6.45) is -3.79. The smallest absolute Gasteiger partial charge is 0.357 e. The van der Waals surface area contributed by atoms with Crippen molar-refractivity contribution in [1.29, 1.82) is 0 Å². The van der Waals surface area contributed by atoms with Gasteiger partial charge in [-0.25, -0.2) is 14.4 Å². The maximum atomic E-state index is 15.6. The van der Waals surface area contributed by atoms with Crippen LogP contribution in [0.5, 0.6) is 0 Å². The third-order valence-electron chi connectivity index (χ3n) is 7.71. The van der Waals surface area contributed by atoms with Gasteiger partial charge in [-0.3, -0.25) is 9.59 Å². The minimum absolute atomic E-state index is 0.143. The van der Waals surface area contributed by atoms with Gasteiger partial charge in [-0.15, -0.1) is 0 Å². The number of piperidine rings is 1. The summed E-state index contributed by atoms with van der Waals surface area (Å²) in [6.45, 7) is 5.85. The van der Waals surface area contributed by atoms with Crippen molar-refractivity contribution >= 4 is 22.6 Å². The number of nitrogens with zero attached hydrogens (tertiary/aromatic N) is 3. The normalized spacial score (nSPS) is 14.5. The second kappa shape index (κ2) is 10.9. The Hall–Kier alpha value is -4.28. The van der Waals surface area contributed by atoms with Gasteiger partial charge in [0, 0.05) is 47.8 Å². The molecule has 0 spiro atoms. The molecule has 2 aromatic heterocycles. The van der Waals surface area contributed by atoms with E-state index in [1.165, 1.54) is 13.8 Å². The van der Waals surface area contributed by atoms with E-state index in [4.69, 9.17) is 4.98 Å². The van der Waals surface area contributed by atoms with Crippen LogP contribution in [0.1, 0.15) is 40.8 Å². The fourth-order valence-electron chi connectivity index (χ4n) is 5.15. The van der Waals surface area contributed by atoms with Crippen LogP contribution in [0.2, 0.25) is 0 Å². The zero-order valence-corrected chi connectivity index (χ0v) is 22.8. The number of aryl methyl sites for hydroxylation is 2. The number of nitrogens with one attached hydrogen (secondary N) is 2. The summed E-state index contributed by atoms with van der Waals surface area (Å²) in [5.74, 6) is -1.50. The number of aromatic amines is 1. The van der Waals surface area contributed by atoms with E-state index in [-0.39, 0.29) is 35.2 Å². The predicted octanol–water partition coefficient (Wildman–Crippen LogP) is 5.60. The Morgan fingerprint density at radius 1 is 1.05 bits per heavy atom. The lowest BCUT2D eigenvalue weighted by atomic mass is 9.95. The third kappa shape index (κ3) is 5.66. The summed E-state index contributed by atoms with van der Waals surface area (Å²) in [6, 6.07) is 11.7. The number of alkyl halides is 3. The molecule has 1 aliphatic heterocycles. The molecule has 7 nitrogen and oxygen atoms in total. The minimum atomic E-state index is -4.89. The number of pyridine rings is 1. The van der Waals surface area contributed by atoms with Gasteiger partial charge in [-0.2, -0.15) is 13.2 Å². The van der Waals surface area contributed by atoms with E-state index in [0.717, 1.165) is 34.4 Å². The van der Waals surface area contributed by atoms with Crippen LogP contribution >= 0.6 is 0 Å². The molecule has 4 aromatic rings. The van der Waals surface area contributed by atoms with Gasteiger partial charge in [0.05, 0.1) is 16.6 Å². The van der Waals surface area contributed by atoms with Crippen LogP contribution in [0, 0.1) is 32.5 Å². The molecule has 1 fully saturated rings. The lowest BCUT2D eigenvalue weighted by Crippen LogP contribution is -2.40. The number of aromatic nitrogens is 3. The number of anilines is 1. The Balaban J connectivity index is 1.29. The van der Waals surface area contributed by atoms with Crippen molar-refractivity contribution in [3.05, 3.63) is 86.6 Å². The number of hydrogen-bond acceptors (Lipinski definition) is 5. The molecule has 0 saturated carbocycles. The summed E-state index contributed by atoms with van der Waals surface area (Å²) in [5, 5.41) is 3.73. The Morgan fingerprint density at radius 3 is 2.46 bits per heavy atom. The molecule has 0 unspecified atom stereocenters. The summed E-state index contributed by atoms with van der Waals surface area (Å²) in [7, 11) is 0. The number of amides is 1. The van der Waals surface area contributed by atoms with Crippen LogP contribution in [-0.2, 0) is 17.5 Å². The first-order valence-corrected chi connectivity index (χ1v) is 13.3. The minimum Gasteiger partial charge on any atom is -0.357 e. The molecule has 2 aromatic carbocycles. The van der Waals surface area contributed by atoms with Crippen molar-refractivity contribution in [1.82, 2.24) is 20.3 Å². The van der Waals surface area contributed by atoms with Crippen LogP contribution in [-0.4, -0.2) is 33.9 Å². The first-order valence-electron chi connectivity index (χ1n) is 13.3. The number of fused-ring (bicyclic) bond motifs is 1. The van der Waals surface area contributed by atoms with Gasteiger partial charge in [-0.1, -0.05) is 24.3 Å². The highest BCUT2D eigenvalue weighted by Gasteiger charge is 2.37. The van der Waals surface area contributed by atoms with Gasteiger partial charge in [-0.05, 0) is 57.4 Å². The topological polar surface area (TPSA) is 91.0 Å². The number of hydrogen-bond donors (Lipinski definition) is 2. The highest BCUT2D eigenvalue weighted by Crippen LogP contribution is 2.38. The summed E-state index contributed by atoms with van der Waals surface area (Å²) >= 11 is 0. The fourth-order valence-corrected chi connectivity index (χ4v) is 5.15. The highest BCUT2D eigenvalue weighted by molar-refractivity contribution is 5.83. The molecule has 5 rings (SSSR count).